The molecule has 1 N–H and O–H groups in total. The van der Waals surface area contributed by atoms with Gasteiger partial charge < -0.3 is 14.6 Å². The molecule has 1 amide bonds. The van der Waals surface area contributed by atoms with E-state index in [9.17, 15) is 9.59 Å². The molecule has 28 heavy (non-hydrogen) atoms. The van der Waals surface area contributed by atoms with E-state index >= 15 is 0 Å². The van der Waals surface area contributed by atoms with Crippen molar-refractivity contribution >= 4 is 23.4 Å². The number of para-hydroxylation sites is 1. The van der Waals surface area contributed by atoms with E-state index in [-0.39, 0.29) is 23.6 Å². The number of aromatic nitrogens is 3. The number of nitrogens with zero attached hydrogens (tertiary/aromatic N) is 3. The number of carbonyl (C=O) groups is 1. The highest BCUT2D eigenvalue weighted by Crippen LogP contribution is 2.19. The van der Waals surface area contributed by atoms with Crippen LogP contribution in [0.5, 0.6) is 5.75 Å². The predicted molar refractivity (Wildman–Crippen MR) is 109 cm³/mol. The smallest absolute Gasteiger partial charge is 0.244 e. The lowest BCUT2D eigenvalue weighted by molar-refractivity contribution is -0.116. The fraction of sp³-hybridized carbons (Fsp3) is 0.200. The largest absolute Gasteiger partial charge is 0.491 e. The minimum atomic E-state index is -0.234. The van der Waals surface area contributed by atoms with E-state index in [1.165, 1.54) is 24.9 Å². The molecule has 0 aliphatic heterocycles. The van der Waals surface area contributed by atoms with Gasteiger partial charge in [0.2, 0.25) is 11.3 Å². The summed E-state index contributed by atoms with van der Waals surface area (Å²) in [6, 6.07) is 10.8. The summed E-state index contributed by atoms with van der Waals surface area (Å²) in [6.45, 7) is 1.98. The molecule has 0 saturated carbocycles. The van der Waals surface area contributed by atoms with Crippen molar-refractivity contribution < 1.29 is 9.53 Å². The third-order valence-electron chi connectivity index (χ3n) is 4.03. The Bertz CT molecular complexity index is 1020. The van der Waals surface area contributed by atoms with Crippen molar-refractivity contribution in [2.45, 2.75) is 24.4 Å². The second kappa shape index (κ2) is 9.18. The lowest BCUT2D eigenvalue weighted by Crippen LogP contribution is -2.23. The van der Waals surface area contributed by atoms with Gasteiger partial charge in [-0.1, -0.05) is 30.0 Å². The van der Waals surface area contributed by atoms with Crippen LogP contribution in [0, 0.1) is 6.92 Å². The van der Waals surface area contributed by atoms with Crippen molar-refractivity contribution in [1.82, 2.24) is 14.5 Å². The number of thioether (sulfide) groups is 1. The number of amides is 1. The van der Waals surface area contributed by atoms with E-state index in [2.05, 4.69) is 15.3 Å². The summed E-state index contributed by atoms with van der Waals surface area (Å²) in [4.78, 5) is 33.1. The van der Waals surface area contributed by atoms with Crippen LogP contribution >= 0.6 is 11.8 Å². The number of anilines is 1. The SMILES string of the molecule is COc1cn(CC(=O)Nc2ccccc2C)c(CSc2ncccn2)cc1=O. The number of benzene rings is 1. The van der Waals surface area contributed by atoms with Gasteiger partial charge >= 0.3 is 0 Å². The quantitative estimate of drug-likeness (QED) is 0.488. The number of hydrogen-bond donors (Lipinski definition) is 1. The van der Waals surface area contributed by atoms with Crippen LogP contribution in [0.2, 0.25) is 0 Å². The number of hydrogen-bond acceptors (Lipinski definition) is 6. The fourth-order valence-electron chi connectivity index (χ4n) is 2.57. The van der Waals surface area contributed by atoms with Crippen LogP contribution in [0.25, 0.3) is 0 Å². The zero-order chi connectivity index (χ0) is 19.9. The maximum atomic E-state index is 12.6. The number of aryl methyl sites for hydroxylation is 1. The number of nitrogens with one attached hydrogen (secondary N) is 1. The van der Waals surface area contributed by atoms with Gasteiger partial charge in [-0.3, -0.25) is 9.59 Å². The lowest BCUT2D eigenvalue weighted by Gasteiger charge is -2.15. The Labute approximate surface area is 166 Å². The summed E-state index contributed by atoms with van der Waals surface area (Å²) >= 11 is 1.39. The van der Waals surface area contributed by atoms with Crippen molar-refractivity contribution in [1.29, 1.82) is 0 Å². The van der Waals surface area contributed by atoms with Gasteiger partial charge in [0.1, 0.15) is 6.54 Å². The molecule has 0 aliphatic rings. The molecule has 3 rings (SSSR count). The lowest BCUT2D eigenvalue weighted by atomic mass is 10.2. The molecule has 0 fully saturated rings. The summed E-state index contributed by atoms with van der Waals surface area (Å²) in [6.07, 6.45) is 4.87. The Balaban J connectivity index is 1.80. The summed E-state index contributed by atoms with van der Waals surface area (Å²) in [5, 5.41) is 3.50. The van der Waals surface area contributed by atoms with Crippen LogP contribution in [0.4, 0.5) is 5.69 Å². The molecule has 3 aromatic rings. The molecule has 0 atom stereocenters. The van der Waals surface area contributed by atoms with E-state index in [0.29, 0.717) is 16.6 Å². The highest BCUT2D eigenvalue weighted by molar-refractivity contribution is 7.98. The summed E-state index contributed by atoms with van der Waals surface area (Å²) in [5.41, 5.74) is 2.19. The monoisotopic (exact) mass is 396 g/mol. The Morgan fingerprint density at radius 2 is 1.96 bits per heavy atom. The average molecular weight is 396 g/mol. The van der Waals surface area contributed by atoms with E-state index in [1.54, 1.807) is 29.2 Å². The first-order valence-electron chi connectivity index (χ1n) is 8.59. The Morgan fingerprint density at radius 1 is 1.21 bits per heavy atom. The molecule has 144 valence electrons. The van der Waals surface area contributed by atoms with Crippen molar-refractivity contribution in [2.75, 3.05) is 12.4 Å². The molecule has 0 aliphatic carbocycles. The van der Waals surface area contributed by atoms with Gasteiger partial charge in [-0.2, -0.15) is 0 Å². The fourth-order valence-corrected chi connectivity index (χ4v) is 3.37. The van der Waals surface area contributed by atoms with Gasteiger partial charge in [0.05, 0.1) is 13.3 Å². The zero-order valence-electron chi connectivity index (χ0n) is 15.6. The third kappa shape index (κ3) is 4.98. The summed E-state index contributed by atoms with van der Waals surface area (Å²) < 4.78 is 6.84. The molecule has 0 bridgehead atoms. The van der Waals surface area contributed by atoms with E-state index in [1.807, 2.05) is 31.2 Å². The number of carbonyl (C=O) groups excluding carboxylic acids is 1. The molecule has 2 aromatic heterocycles. The molecule has 7 nitrogen and oxygen atoms in total. The van der Waals surface area contributed by atoms with Crippen molar-refractivity contribution in [3.63, 3.8) is 0 Å². The molecule has 0 unspecified atom stereocenters. The summed E-state index contributed by atoms with van der Waals surface area (Å²) in [7, 11) is 1.43. The summed E-state index contributed by atoms with van der Waals surface area (Å²) in [5.74, 6) is 0.441. The van der Waals surface area contributed by atoms with Crippen molar-refractivity contribution in [3.05, 3.63) is 76.5 Å². The molecular formula is C20H20N4O3S. The Kier molecular flexibility index (Phi) is 6.44. The standard InChI is InChI=1S/C20H20N4O3S/c1-14-6-3-4-7-16(14)23-19(26)12-24-11-18(27-2)17(25)10-15(24)13-28-20-21-8-5-9-22-20/h3-11H,12-13H2,1-2H3,(H,23,26). The number of ether oxygens (including phenoxy) is 1. The molecule has 8 heteroatoms. The van der Waals surface area contributed by atoms with Crippen LogP contribution in [-0.2, 0) is 17.1 Å². The second-order valence-electron chi connectivity index (χ2n) is 6.01. The number of methoxy groups -OCH3 is 1. The third-order valence-corrected chi connectivity index (χ3v) is 4.94. The Hall–Kier alpha value is -3.13. The normalized spacial score (nSPS) is 10.5. The molecule has 0 spiro atoms. The van der Waals surface area contributed by atoms with Crippen LogP contribution in [0.3, 0.4) is 0 Å². The zero-order valence-corrected chi connectivity index (χ0v) is 16.4. The van der Waals surface area contributed by atoms with Crippen LogP contribution in [0.15, 0.2) is 64.9 Å². The first-order chi connectivity index (χ1) is 13.6. The highest BCUT2D eigenvalue weighted by Gasteiger charge is 2.12. The second-order valence-corrected chi connectivity index (χ2v) is 6.95. The van der Waals surface area contributed by atoms with E-state index < -0.39 is 0 Å². The van der Waals surface area contributed by atoms with Gasteiger partial charge in [0.15, 0.2) is 10.9 Å². The van der Waals surface area contributed by atoms with Crippen molar-refractivity contribution in [3.8, 4) is 5.75 Å². The minimum absolute atomic E-state index is 0.0521. The molecule has 0 radical (unpaired) electrons. The van der Waals surface area contributed by atoms with Gasteiger partial charge in [-0.25, -0.2) is 9.97 Å². The molecule has 0 saturated heterocycles. The first kappa shape index (κ1) is 19.6. The van der Waals surface area contributed by atoms with E-state index in [4.69, 9.17) is 4.74 Å². The van der Waals surface area contributed by atoms with E-state index in [0.717, 1.165) is 11.3 Å². The minimum Gasteiger partial charge on any atom is -0.491 e. The average Bonchev–Trinajstić information content (AvgIpc) is 2.70. The van der Waals surface area contributed by atoms with Gasteiger partial charge in [0.25, 0.3) is 0 Å². The van der Waals surface area contributed by atoms with Crippen LogP contribution < -0.4 is 15.5 Å². The topological polar surface area (TPSA) is 86.1 Å². The highest BCUT2D eigenvalue weighted by atomic mass is 32.2. The van der Waals surface area contributed by atoms with Crippen molar-refractivity contribution in [2.24, 2.45) is 0 Å². The molecule has 2 heterocycles. The molecular weight excluding hydrogens is 376 g/mol. The predicted octanol–water partition coefficient (Wildman–Crippen LogP) is 2.89. The Morgan fingerprint density at radius 3 is 2.68 bits per heavy atom. The number of rotatable bonds is 7. The first-order valence-corrected chi connectivity index (χ1v) is 9.58. The number of pyridine rings is 1. The maximum Gasteiger partial charge on any atom is 0.244 e. The van der Waals surface area contributed by atoms with Gasteiger partial charge in [-0.05, 0) is 24.6 Å². The van der Waals surface area contributed by atoms with Crippen LogP contribution in [-0.4, -0.2) is 27.6 Å². The van der Waals surface area contributed by atoms with Gasteiger partial charge in [0, 0.05) is 35.6 Å². The maximum absolute atomic E-state index is 12.6. The molecule has 1 aromatic carbocycles. The van der Waals surface area contributed by atoms with Crippen LogP contribution in [0.1, 0.15) is 11.3 Å². The van der Waals surface area contributed by atoms with Gasteiger partial charge in [-0.15, -0.1) is 0 Å².